The molecule has 0 saturated carbocycles. The molecule has 2 rings (SSSR count). The molecule has 1 N–H and O–H groups in total. The van der Waals surface area contributed by atoms with Gasteiger partial charge in [-0.3, -0.25) is 9.78 Å². The maximum Gasteiger partial charge on any atom is 0.162 e. The van der Waals surface area contributed by atoms with Crippen LogP contribution in [0.4, 0.5) is 0 Å². The molecule has 1 aromatic heterocycles. The van der Waals surface area contributed by atoms with Crippen LogP contribution in [-0.2, 0) is 4.79 Å². The molecule has 1 aliphatic carbocycles. The highest BCUT2D eigenvalue weighted by Crippen LogP contribution is 2.37. The Morgan fingerprint density at radius 1 is 1.47 bits per heavy atom. The monoisotopic (exact) mass is 229 g/mol. The Balaban J connectivity index is 2.27. The minimum atomic E-state index is -0.804. The van der Waals surface area contributed by atoms with Crippen LogP contribution < -0.4 is 0 Å². The van der Waals surface area contributed by atoms with Crippen LogP contribution in [0.3, 0.4) is 0 Å². The maximum atomic E-state index is 11.8. The summed E-state index contributed by atoms with van der Waals surface area (Å²) in [5.74, 6) is -0.567. The molecule has 0 aromatic carbocycles. The number of ketones is 1. The zero-order valence-electron chi connectivity index (χ0n) is 9.71. The average Bonchev–Trinajstić information content (AvgIpc) is 2.71. The second-order valence-corrected chi connectivity index (χ2v) is 4.38. The van der Waals surface area contributed by atoms with Gasteiger partial charge in [-0.2, -0.15) is 0 Å². The molecule has 0 radical (unpaired) electrons. The third-order valence-corrected chi connectivity index (χ3v) is 3.14. The van der Waals surface area contributed by atoms with Crippen LogP contribution in [0, 0.1) is 11.8 Å². The molecule has 88 valence electrons. The molecule has 0 saturated heterocycles. The van der Waals surface area contributed by atoms with Crippen molar-refractivity contribution in [2.75, 3.05) is 0 Å². The lowest BCUT2D eigenvalue weighted by Gasteiger charge is -2.23. The summed E-state index contributed by atoms with van der Waals surface area (Å²) in [4.78, 5) is 15.7. The van der Waals surface area contributed by atoms with E-state index in [0.717, 1.165) is 5.57 Å². The van der Waals surface area contributed by atoms with Crippen LogP contribution in [0.15, 0.2) is 48.8 Å². The molecule has 3 atom stereocenters. The van der Waals surface area contributed by atoms with Crippen LogP contribution >= 0.6 is 0 Å². The molecule has 0 bridgehead atoms. The lowest BCUT2D eigenvalue weighted by atomic mass is 9.83. The van der Waals surface area contributed by atoms with E-state index in [2.05, 4.69) is 11.6 Å². The Hall–Kier alpha value is -1.74. The first-order valence-electron chi connectivity index (χ1n) is 5.56. The van der Waals surface area contributed by atoms with Gasteiger partial charge in [0.2, 0.25) is 0 Å². The van der Waals surface area contributed by atoms with Gasteiger partial charge in [0, 0.05) is 18.3 Å². The maximum absolute atomic E-state index is 11.8. The molecule has 3 nitrogen and oxygen atoms in total. The van der Waals surface area contributed by atoms with Crippen LogP contribution in [0.2, 0.25) is 0 Å². The van der Waals surface area contributed by atoms with Crippen molar-refractivity contribution in [2.45, 2.75) is 13.0 Å². The van der Waals surface area contributed by atoms with Gasteiger partial charge in [0.15, 0.2) is 5.78 Å². The Labute approximate surface area is 101 Å². The van der Waals surface area contributed by atoms with Gasteiger partial charge in [0.25, 0.3) is 0 Å². The molecule has 1 aromatic rings. The number of carbonyl (C=O) groups is 1. The Bertz CT molecular complexity index is 464. The summed E-state index contributed by atoms with van der Waals surface area (Å²) >= 11 is 0. The highest BCUT2D eigenvalue weighted by molar-refractivity contribution is 5.95. The van der Waals surface area contributed by atoms with Gasteiger partial charge in [0.05, 0.1) is 12.0 Å². The van der Waals surface area contributed by atoms with E-state index in [1.165, 1.54) is 6.08 Å². The fourth-order valence-electron chi connectivity index (χ4n) is 2.20. The summed E-state index contributed by atoms with van der Waals surface area (Å²) in [6, 6.07) is 3.46. The number of hydrogen-bond acceptors (Lipinski definition) is 3. The van der Waals surface area contributed by atoms with Crippen molar-refractivity contribution in [3.63, 3.8) is 0 Å². The van der Waals surface area contributed by atoms with Crippen molar-refractivity contribution in [1.29, 1.82) is 0 Å². The van der Waals surface area contributed by atoms with Crippen LogP contribution in [0.25, 0.3) is 0 Å². The van der Waals surface area contributed by atoms with Crippen molar-refractivity contribution in [3.05, 3.63) is 54.4 Å². The number of nitrogens with zero attached hydrogens (tertiary/aromatic N) is 1. The van der Waals surface area contributed by atoms with Gasteiger partial charge in [-0.15, -0.1) is 0 Å². The minimum Gasteiger partial charge on any atom is -0.388 e. The topological polar surface area (TPSA) is 50.2 Å². The summed E-state index contributed by atoms with van der Waals surface area (Å²) in [5.41, 5.74) is 1.61. The van der Waals surface area contributed by atoms with E-state index in [0.29, 0.717) is 5.56 Å². The van der Waals surface area contributed by atoms with Crippen molar-refractivity contribution in [2.24, 2.45) is 11.8 Å². The van der Waals surface area contributed by atoms with Gasteiger partial charge >= 0.3 is 0 Å². The number of aliphatic hydroxyl groups excluding tert-OH is 1. The van der Waals surface area contributed by atoms with E-state index >= 15 is 0 Å². The fourth-order valence-corrected chi connectivity index (χ4v) is 2.20. The summed E-state index contributed by atoms with van der Waals surface area (Å²) < 4.78 is 0. The van der Waals surface area contributed by atoms with Gasteiger partial charge in [-0.1, -0.05) is 18.2 Å². The number of aromatic nitrogens is 1. The summed E-state index contributed by atoms with van der Waals surface area (Å²) in [7, 11) is 0. The summed E-state index contributed by atoms with van der Waals surface area (Å²) in [5, 5.41) is 10.3. The van der Waals surface area contributed by atoms with Crippen LogP contribution in [0.1, 0.15) is 18.6 Å². The summed E-state index contributed by atoms with van der Waals surface area (Å²) in [6.07, 6.45) is 5.78. The molecule has 17 heavy (non-hydrogen) atoms. The van der Waals surface area contributed by atoms with Gasteiger partial charge in [-0.25, -0.2) is 0 Å². The first-order chi connectivity index (χ1) is 8.11. The average molecular weight is 229 g/mol. The SMILES string of the molecule is C=C(C)[C@H]1C=CC(=O)[C@@H]1[C@@H](O)c1ccncc1. The first-order valence-corrected chi connectivity index (χ1v) is 5.56. The number of hydrogen-bond donors (Lipinski definition) is 1. The van der Waals surface area contributed by atoms with Gasteiger partial charge < -0.3 is 5.11 Å². The molecular formula is C14H15NO2. The summed E-state index contributed by atoms with van der Waals surface area (Å²) in [6.45, 7) is 5.75. The lowest BCUT2D eigenvalue weighted by Crippen LogP contribution is -2.24. The van der Waals surface area contributed by atoms with E-state index in [1.54, 1.807) is 24.5 Å². The molecule has 0 aliphatic heterocycles. The van der Waals surface area contributed by atoms with E-state index in [-0.39, 0.29) is 11.7 Å². The highest BCUT2D eigenvalue weighted by Gasteiger charge is 2.36. The molecular weight excluding hydrogens is 214 g/mol. The molecule has 1 aliphatic rings. The van der Waals surface area contributed by atoms with Crippen LogP contribution in [-0.4, -0.2) is 15.9 Å². The Morgan fingerprint density at radius 3 is 2.71 bits per heavy atom. The molecule has 3 heteroatoms. The molecule has 1 heterocycles. The third kappa shape index (κ3) is 2.19. The van der Waals surface area contributed by atoms with E-state index in [4.69, 9.17) is 0 Å². The predicted molar refractivity (Wildman–Crippen MR) is 65.1 cm³/mol. The first kappa shape index (κ1) is 11.7. The van der Waals surface area contributed by atoms with E-state index < -0.39 is 12.0 Å². The fraction of sp³-hybridized carbons (Fsp3) is 0.286. The van der Waals surface area contributed by atoms with Crippen LogP contribution in [0.5, 0.6) is 0 Å². The molecule has 0 amide bonds. The predicted octanol–water partition coefficient (Wildman–Crippen LogP) is 2.06. The zero-order chi connectivity index (χ0) is 12.4. The van der Waals surface area contributed by atoms with E-state index in [1.807, 2.05) is 13.0 Å². The quantitative estimate of drug-likeness (QED) is 0.807. The van der Waals surface area contributed by atoms with Gasteiger partial charge in [-0.05, 0) is 30.7 Å². The number of aliphatic hydroxyl groups is 1. The number of carbonyl (C=O) groups excluding carboxylic acids is 1. The number of rotatable bonds is 3. The molecule has 0 fully saturated rings. The minimum absolute atomic E-state index is 0.0395. The second kappa shape index (κ2) is 4.63. The normalized spacial score (nSPS) is 24.9. The van der Waals surface area contributed by atoms with Crippen molar-refractivity contribution in [1.82, 2.24) is 4.98 Å². The second-order valence-electron chi connectivity index (χ2n) is 4.38. The largest absolute Gasteiger partial charge is 0.388 e. The van der Waals surface area contributed by atoms with Crippen molar-refractivity contribution in [3.8, 4) is 0 Å². The Morgan fingerprint density at radius 2 is 2.12 bits per heavy atom. The van der Waals surface area contributed by atoms with E-state index in [9.17, 15) is 9.90 Å². The molecule has 0 spiro atoms. The van der Waals surface area contributed by atoms with Gasteiger partial charge in [0.1, 0.15) is 0 Å². The van der Waals surface area contributed by atoms with Crippen molar-refractivity contribution >= 4 is 5.78 Å². The van der Waals surface area contributed by atoms with Crippen molar-refractivity contribution < 1.29 is 9.90 Å². The third-order valence-electron chi connectivity index (χ3n) is 3.14. The smallest absolute Gasteiger partial charge is 0.162 e. The number of allylic oxidation sites excluding steroid dienone is 3. The Kier molecular flexibility index (Phi) is 3.20. The highest BCUT2D eigenvalue weighted by atomic mass is 16.3. The number of pyridine rings is 1. The molecule has 0 unspecified atom stereocenters. The standard InChI is InChI=1S/C14H15NO2/c1-9(2)11-3-4-12(16)13(11)14(17)10-5-7-15-8-6-10/h3-8,11,13-14,17H,1H2,2H3/t11-,13-,14+/m1/s1. The zero-order valence-corrected chi connectivity index (χ0v) is 9.71. The lowest BCUT2D eigenvalue weighted by molar-refractivity contribution is -0.121.